The largest absolute Gasteiger partial charge is 0.364 e. The quantitative estimate of drug-likeness (QED) is 0.262. The van der Waals surface area contributed by atoms with Crippen LogP contribution in [0.15, 0.2) is 60.7 Å². The van der Waals surface area contributed by atoms with E-state index in [-0.39, 0.29) is 17.6 Å². The van der Waals surface area contributed by atoms with Crippen LogP contribution in [0, 0.1) is 5.82 Å². The van der Waals surface area contributed by atoms with Crippen LogP contribution in [-0.2, 0) is 6.42 Å². The SMILES string of the molecule is C[C@@H]1Cc2c([nH]c3ccccc23)[C@@H](c2c(F)cc(-c3ccc(C(O)O)cc3)cc2Cl)N1CC(C)(C)F. The molecule has 0 saturated heterocycles. The Morgan fingerprint density at radius 3 is 2.42 bits per heavy atom. The smallest absolute Gasteiger partial charge is 0.178 e. The molecule has 0 unspecified atom stereocenters. The van der Waals surface area contributed by atoms with Gasteiger partial charge in [-0.05, 0) is 62.1 Å². The summed E-state index contributed by atoms with van der Waals surface area (Å²) in [5.41, 5.74) is 3.33. The lowest BCUT2D eigenvalue weighted by molar-refractivity contribution is -0.0424. The number of aromatic nitrogens is 1. The van der Waals surface area contributed by atoms with E-state index in [1.165, 1.54) is 19.9 Å². The van der Waals surface area contributed by atoms with Gasteiger partial charge in [-0.2, -0.15) is 0 Å². The van der Waals surface area contributed by atoms with Crippen molar-refractivity contribution >= 4 is 22.5 Å². The second kappa shape index (κ2) is 9.27. The highest BCUT2D eigenvalue weighted by Crippen LogP contribution is 2.45. The first-order chi connectivity index (χ1) is 17.0. The monoisotopic (exact) mass is 510 g/mol. The Kier molecular flexibility index (Phi) is 6.41. The summed E-state index contributed by atoms with van der Waals surface area (Å²) >= 11 is 6.79. The molecule has 1 aliphatic rings. The van der Waals surface area contributed by atoms with E-state index in [9.17, 15) is 14.6 Å². The van der Waals surface area contributed by atoms with Crippen LogP contribution in [0.25, 0.3) is 22.0 Å². The van der Waals surface area contributed by atoms with Crippen molar-refractivity contribution in [2.24, 2.45) is 0 Å². The number of H-pyrrole nitrogens is 1. The molecule has 3 aromatic carbocycles. The van der Waals surface area contributed by atoms with E-state index in [1.54, 1.807) is 30.3 Å². The first-order valence-electron chi connectivity index (χ1n) is 12.0. The summed E-state index contributed by atoms with van der Waals surface area (Å²) in [6.45, 7) is 5.23. The fraction of sp³-hybridized carbons (Fsp3) is 0.310. The van der Waals surface area contributed by atoms with E-state index in [0.717, 1.165) is 22.2 Å². The molecule has 0 aliphatic carbocycles. The van der Waals surface area contributed by atoms with Crippen molar-refractivity contribution in [1.82, 2.24) is 9.88 Å². The number of nitrogens with zero attached hydrogens (tertiary/aromatic N) is 1. The Bertz CT molecular complexity index is 1390. The van der Waals surface area contributed by atoms with Crippen LogP contribution in [0.3, 0.4) is 0 Å². The topological polar surface area (TPSA) is 59.5 Å². The number of rotatable bonds is 5. The zero-order chi connectivity index (χ0) is 25.8. The average Bonchev–Trinajstić information content (AvgIpc) is 3.17. The van der Waals surface area contributed by atoms with Crippen LogP contribution in [0.4, 0.5) is 8.78 Å². The molecule has 0 spiro atoms. The number of halogens is 3. The van der Waals surface area contributed by atoms with E-state index in [2.05, 4.69) is 11.1 Å². The highest BCUT2D eigenvalue weighted by molar-refractivity contribution is 6.31. The van der Waals surface area contributed by atoms with Gasteiger partial charge in [0.2, 0.25) is 0 Å². The molecule has 7 heteroatoms. The van der Waals surface area contributed by atoms with Gasteiger partial charge in [0.15, 0.2) is 6.29 Å². The Morgan fingerprint density at radius 2 is 1.78 bits per heavy atom. The van der Waals surface area contributed by atoms with Crippen LogP contribution in [0.1, 0.15) is 55.5 Å². The first kappa shape index (κ1) is 24.9. The predicted molar refractivity (Wildman–Crippen MR) is 139 cm³/mol. The first-order valence-corrected chi connectivity index (χ1v) is 12.4. The van der Waals surface area contributed by atoms with Gasteiger partial charge in [0.05, 0.1) is 6.04 Å². The van der Waals surface area contributed by atoms with Crippen molar-refractivity contribution in [2.45, 2.75) is 51.2 Å². The second-order valence-electron chi connectivity index (χ2n) is 10.3. The van der Waals surface area contributed by atoms with E-state index in [1.807, 2.05) is 30.0 Å². The van der Waals surface area contributed by atoms with E-state index >= 15 is 4.39 Å². The number of para-hydroxylation sites is 1. The van der Waals surface area contributed by atoms with Crippen molar-refractivity contribution in [3.63, 3.8) is 0 Å². The summed E-state index contributed by atoms with van der Waals surface area (Å²) in [7, 11) is 0. The summed E-state index contributed by atoms with van der Waals surface area (Å²) < 4.78 is 31.0. The number of alkyl halides is 1. The molecule has 0 amide bonds. The molecule has 2 heterocycles. The molecule has 1 aromatic heterocycles. The van der Waals surface area contributed by atoms with Gasteiger partial charge in [-0.3, -0.25) is 4.90 Å². The number of fused-ring (bicyclic) bond motifs is 3. The molecule has 2 atom stereocenters. The van der Waals surface area contributed by atoms with Crippen molar-refractivity contribution in [3.05, 3.63) is 93.9 Å². The zero-order valence-electron chi connectivity index (χ0n) is 20.4. The van der Waals surface area contributed by atoms with E-state index in [4.69, 9.17) is 11.6 Å². The molecule has 4 nitrogen and oxygen atoms in total. The molecule has 5 rings (SSSR count). The van der Waals surface area contributed by atoms with Gasteiger partial charge in [0.1, 0.15) is 11.5 Å². The summed E-state index contributed by atoms with van der Waals surface area (Å²) in [4.78, 5) is 5.48. The molecule has 4 aromatic rings. The number of aromatic amines is 1. The van der Waals surface area contributed by atoms with Gasteiger partial charge in [-0.15, -0.1) is 0 Å². The fourth-order valence-electron chi connectivity index (χ4n) is 5.36. The van der Waals surface area contributed by atoms with Gasteiger partial charge in [0.25, 0.3) is 0 Å². The number of aliphatic hydroxyl groups is 2. The highest BCUT2D eigenvalue weighted by Gasteiger charge is 2.40. The minimum atomic E-state index is -1.58. The number of aliphatic hydroxyl groups excluding tert-OH is 1. The maximum absolute atomic E-state index is 16.0. The fourth-order valence-corrected chi connectivity index (χ4v) is 5.67. The molecule has 0 saturated carbocycles. The molecule has 188 valence electrons. The van der Waals surface area contributed by atoms with Crippen LogP contribution in [-0.4, -0.2) is 38.4 Å². The van der Waals surface area contributed by atoms with E-state index in [0.29, 0.717) is 28.7 Å². The van der Waals surface area contributed by atoms with Gasteiger partial charge in [-0.25, -0.2) is 8.78 Å². The maximum atomic E-state index is 16.0. The van der Waals surface area contributed by atoms with Crippen LogP contribution in [0.2, 0.25) is 5.02 Å². The van der Waals surface area contributed by atoms with Crippen molar-refractivity contribution in [2.75, 3.05) is 6.54 Å². The Labute approximate surface area is 214 Å². The molecule has 1 aliphatic heterocycles. The van der Waals surface area contributed by atoms with Crippen molar-refractivity contribution in [1.29, 1.82) is 0 Å². The van der Waals surface area contributed by atoms with Gasteiger partial charge < -0.3 is 15.2 Å². The molecule has 0 radical (unpaired) electrons. The Morgan fingerprint density at radius 1 is 1.08 bits per heavy atom. The van der Waals surface area contributed by atoms with Crippen LogP contribution in [0.5, 0.6) is 0 Å². The van der Waals surface area contributed by atoms with Gasteiger partial charge >= 0.3 is 0 Å². The average molecular weight is 511 g/mol. The highest BCUT2D eigenvalue weighted by atomic mass is 35.5. The zero-order valence-corrected chi connectivity index (χ0v) is 21.2. The van der Waals surface area contributed by atoms with Crippen molar-refractivity contribution in [3.8, 4) is 11.1 Å². The second-order valence-corrected chi connectivity index (χ2v) is 10.7. The number of nitrogens with one attached hydrogen (secondary N) is 1. The molecule has 0 bridgehead atoms. The lowest BCUT2D eigenvalue weighted by Crippen LogP contribution is -2.48. The Balaban J connectivity index is 1.66. The third-order valence-electron chi connectivity index (χ3n) is 6.97. The summed E-state index contributed by atoms with van der Waals surface area (Å²) in [6.07, 6.45) is -0.863. The number of benzene rings is 3. The third-order valence-corrected chi connectivity index (χ3v) is 7.28. The maximum Gasteiger partial charge on any atom is 0.178 e. The summed E-state index contributed by atoms with van der Waals surface area (Å²) in [5.74, 6) is -0.478. The third kappa shape index (κ3) is 4.55. The summed E-state index contributed by atoms with van der Waals surface area (Å²) in [6, 6.07) is 17.0. The number of hydrogen-bond acceptors (Lipinski definition) is 3. The summed E-state index contributed by atoms with van der Waals surface area (Å²) in [5, 5.41) is 20.0. The lowest BCUT2D eigenvalue weighted by atomic mass is 9.86. The standard InChI is InChI=1S/C29H29ClF2N2O2/c1-16-12-21-20-6-4-5-7-24(20)33-26(21)27(34(16)15-29(2,3)32)25-22(30)13-19(14-23(25)31)17-8-10-18(11-9-17)28(35)36/h4-11,13-14,16,27-28,33,35-36H,12,15H2,1-3H3/t16-,27-/m1/s1. The molecule has 3 N–H and O–H groups in total. The van der Waals surface area contributed by atoms with E-state index < -0.39 is 23.8 Å². The van der Waals surface area contributed by atoms with Crippen molar-refractivity contribution < 1.29 is 19.0 Å². The Hall–Kier alpha value is -2.77. The van der Waals surface area contributed by atoms with Crippen LogP contribution < -0.4 is 0 Å². The minimum Gasteiger partial charge on any atom is -0.364 e. The number of hydrogen-bond donors (Lipinski definition) is 3. The van der Waals surface area contributed by atoms with Gasteiger partial charge in [0, 0.05) is 45.3 Å². The normalized spacial score (nSPS) is 18.7. The molecule has 36 heavy (non-hydrogen) atoms. The molecular weight excluding hydrogens is 482 g/mol. The molecule has 0 fully saturated rings. The minimum absolute atomic E-state index is 0.0377. The lowest BCUT2D eigenvalue weighted by Gasteiger charge is -2.43. The van der Waals surface area contributed by atoms with Crippen LogP contribution >= 0.6 is 11.6 Å². The predicted octanol–water partition coefficient (Wildman–Crippen LogP) is 6.69. The van der Waals surface area contributed by atoms with Gasteiger partial charge in [-0.1, -0.05) is 54.1 Å². The molecular formula is C29H29ClF2N2O2.